The van der Waals surface area contributed by atoms with Gasteiger partial charge in [0, 0.05) is 18.9 Å². The van der Waals surface area contributed by atoms with Gasteiger partial charge in [-0.15, -0.1) is 0 Å². The van der Waals surface area contributed by atoms with E-state index < -0.39 is 24.0 Å². The molecule has 9 nitrogen and oxygen atoms in total. The highest BCUT2D eigenvalue weighted by Crippen LogP contribution is 2.44. The minimum absolute atomic E-state index is 0.0110. The molecule has 2 amide bonds. The second-order valence-corrected chi connectivity index (χ2v) is 7.82. The summed E-state index contributed by atoms with van der Waals surface area (Å²) in [6.45, 7) is -0.221. The first-order valence-corrected chi connectivity index (χ1v) is 10.8. The molecule has 1 atom stereocenters. The molecule has 0 fully saturated rings. The van der Waals surface area contributed by atoms with Gasteiger partial charge in [-0.25, -0.2) is 9.59 Å². The van der Waals surface area contributed by atoms with Crippen molar-refractivity contribution < 1.29 is 33.8 Å². The fourth-order valence-electron chi connectivity index (χ4n) is 4.02. The molecule has 0 bridgehead atoms. The molecule has 1 aliphatic carbocycles. The summed E-state index contributed by atoms with van der Waals surface area (Å²) in [5, 5.41) is 22.8. The Morgan fingerprint density at radius 3 is 2.24 bits per heavy atom. The number of nitrogens with one attached hydrogen (secondary N) is 2. The number of alkyl carbamates (subject to hydrolysis) is 1. The summed E-state index contributed by atoms with van der Waals surface area (Å²) in [5.41, 5.74) is 4.49. The van der Waals surface area contributed by atoms with Crippen LogP contribution in [-0.2, 0) is 16.1 Å². The van der Waals surface area contributed by atoms with Crippen LogP contribution in [0.4, 0.5) is 4.79 Å². The zero-order chi connectivity index (χ0) is 24.1. The Morgan fingerprint density at radius 1 is 0.971 bits per heavy atom. The number of rotatable bonds is 9. The van der Waals surface area contributed by atoms with E-state index in [-0.39, 0.29) is 37.9 Å². The molecule has 0 unspecified atom stereocenters. The van der Waals surface area contributed by atoms with Gasteiger partial charge in [-0.05, 0) is 34.4 Å². The zero-order valence-corrected chi connectivity index (χ0v) is 18.2. The Hall–Kier alpha value is -4.11. The van der Waals surface area contributed by atoms with Gasteiger partial charge in [-0.1, -0.05) is 48.5 Å². The van der Waals surface area contributed by atoms with Crippen LogP contribution in [-0.4, -0.2) is 47.4 Å². The van der Waals surface area contributed by atoms with E-state index >= 15 is 0 Å². The average Bonchev–Trinajstić information content (AvgIpc) is 3.44. The van der Waals surface area contributed by atoms with Gasteiger partial charge < -0.3 is 30.0 Å². The molecule has 4 N–H and O–H groups in total. The number of hydrogen-bond donors (Lipinski definition) is 4. The van der Waals surface area contributed by atoms with Crippen LogP contribution >= 0.6 is 0 Å². The van der Waals surface area contributed by atoms with E-state index in [9.17, 15) is 14.4 Å². The third kappa shape index (κ3) is 4.94. The molecule has 2 aromatic carbocycles. The van der Waals surface area contributed by atoms with Crippen molar-refractivity contribution in [3.8, 4) is 11.1 Å². The molecule has 1 heterocycles. The summed E-state index contributed by atoms with van der Waals surface area (Å²) < 4.78 is 10.8. The lowest BCUT2D eigenvalue weighted by atomic mass is 9.98. The van der Waals surface area contributed by atoms with Crippen LogP contribution in [0.2, 0.25) is 0 Å². The molecule has 176 valence electrons. The van der Waals surface area contributed by atoms with Crippen LogP contribution in [0.25, 0.3) is 11.1 Å². The number of carbonyl (C=O) groups excluding carboxylic acids is 2. The highest BCUT2D eigenvalue weighted by atomic mass is 16.5. The van der Waals surface area contributed by atoms with Crippen LogP contribution in [0.5, 0.6) is 0 Å². The van der Waals surface area contributed by atoms with Crippen LogP contribution in [0.3, 0.4) is 0 Å². The third-order valence-corrected chi connectivity index (χ3v) is 5.66. The smallest absolute Gasteiger partial charge is 0.407 e. The van der Waals surface area contributed by atoms with E-state index in [4.69, 9.17) is 19.4 Å². The maximum Gasteiger partial charge on any atom is 0.407 e. The molecule has 34 heavy (non-hydrogen) atoms. The van der Waals surface area contributed by atoms with Gasteiger partial charge in [-0.2, -0.15) is 0 Å². The lowest BCUT2D eigenvalue weighted by molar-refractivity contribution is -0.139. The molecule has 0 spiro atoms. The molecular weight excluding hydrogens is 440 g/mol. The van der Waals surface area contributed by atoms with Crippen molar-refractivity contribution >= 4 is 18.0 Å². The molecule has 4 rings (SSSR count). The first-order valence-electron chi connectivity index (χ1n) is 10.8. The van der Waals surface area contributed by atoms with E-state index in [0.29, 0.717) is 5.76 Å². The lowest BCUT2D eigenvalue weighted by Crippen LogP contribution is -2.41. The van der Waals surface area contributed by atoms with E-state index in [1.165, 1.54) is 12.1 Å². The van der Waals surface area contributed by atoms with Gasteiger partial charge in [0.1, 0.15) is 18.4 Å². The first-order chi connectivity index (χ1) is 16.5. The number of carboxylic acids is 1. The van der Waals surface area contributed by atoms with Crippen molar-refractivity contribution in [2.24, 2.45) is 0 Å². The van der Waals surface area contributed by atoms with Crippen LogP contribution < -0.4 is 10.6 Å². The van der Waals surface area contributed by atoms with Gasteiger partial charge in [0.15, 0.2) is 5.76 Å². The van der Waals surface area contributed by atoms with E-state index in [0.717, 1.165) is 22.3 Å². The second-order valence-electron chi connectivity index (χ2n) is 7.82. The number of benzene rings is 2. The lowest BCUT2D eigenvalue weighted by Gasteiger charge is -2.14. The quantitative estimate of drug-likeness (QED) is 0.382. The molecule has 0 aliphatic heterocycles. The van der Waals surface area contributed by atoms with Crippen molar-refractivity contribution in [3.05, 3.63) is 83.3 Å². The van der Waals surface area contributed by atoms with Crippen molar-refractivity contribution in [3.63, 3.8) is 0 Å². The second kappa shape index (κ2) is 10.2. The van der Waals surface area contributed by atoms with Crippen molar-refractivity contribution in [2.75, 3.05) is 13.2 Å². The summed E-state index contributed by atoms with van der Waals surface area (Å²) in [6.07, 6.45) is -0.754. The van der Waals surface area contributed by atoms with Gasteiger partial charge in [0.05, 0.1) is 6.54 Å². The van der Waals surface area contributed by atoms with E-state index in [1.807, 2.05) is 36.4 Å². The predicted molar refractivity (Wildman–Crippen MR) is 121 cm³/mol. The molecular formula is C25H24N2O7. The minimum Gasteiger partial charge on any atom is -0.480 e. The van der Waals surface area contributed by atoms with Crippen molar-refractivity contribution in [1.82, 2.24) is 10.6 Å². The SMILES string of the molecule is O=C(NCc1ccc(C(=O)N[C@@H](CCO)C(=O)O)o1)OCC1c2ccccc2-c2ccccc21. The topological polar surface area (TPSA) is 138 Å². The molecule has 9 heteroatoms. The standard InChI is InChI=1S/C25H24N2O7/c28-12-11-21(24(30)31)27-23(29)22-10-9-15(34-22)13-26-25(32)33-14-20-18-7-3-1-5-16(18)17-6-2-4-8-19(17)20/h1-10,20-21,28H,11-14H2,(H,26,32)(H,27,29)(H,30,31)/t21-/m0/s1. The Balaban J connectivity index is 1.30. The van der Waals surface area contributed by atoms with Gasteiger partial charge in [-0.3, -0.25) is 4.79 Å². The number of carbonyl (C=O) groups is 3. The summed E-state index contributed by atoms with van der Waals surface area (Å²) in [5.74, 6) is -1.85. The van der Waals surface area contributed by atoms with Gasteiger partial charge >= 0.3 is 12.1 Å². The van der Waals surface area contributed by atoms with Crippen LogP contribution in [0.15, 0.2) is 65.1 Å². The van der Waals surface area contributed by atoms with Gasteiger partial charge in [0.2, 0.25) is 0 Å². The number of ether oxygens (including phenoxy) is 1. The number of aliphatic hydroxyl groups excluding tert-OH is 1. The average molecular weight is 464 g/mol. The molecule has 0 saturated heterocycles. The maximum absolute atomic E-state index is 12.3. The molecule has 0 radical (unpaired) electrons. The summed E-state index contributed by atoms with van der Waals surface area (Å²) in [4.78, 5) is 35.6. The largest absolute Gasteiger partial charge is 0.480 e. The van der Waals surface area contributed by atoms with Crippen LogP contribution in [0.1, 0.15) is 39.8 Å². The molecule has 1 aliphatic rings. The van der Waals surface area contributed by atoms with Crippen molar-refractivity contribution in [2.45, 2.75) is 24.9 Å². The molecule has 3 aromatic rings. The van der Waals surface area contributed by atoms with Crippen LogP contribution in [0, 0.1) is 0 Å². The highest BCUT2D eigenvalue weighted by Gasteiger charge is 2.29. The summed E-state index contributed by atoms with van der Waals surface area (Å²) in [7, 11) is 0. The predicted octanol–water partition coefficient (Wildman–Crippen LogP) is 2.88. The number of hydrogen-bond acceptors (Lipinski definition) is 6. The number of amides is 2. The molecule has 0 saturated carbocycles. The summed E-state index contributed by atoms with van der Waals surface area (Å²) in [6, 6.07) is 17.7. The zero-order valence-electron chi connectivity index (χ0n) is 18.2. The minimum atomic E-state index is -1.26. The maximum atomic E-state index is 12.3. The molecule has 1 aromatic heterocycles. The fraction of sp³-hybridized carbons (Fsp3) is 0.240. The number of furan rings is 1. The normalized spacial score (nSPS) is 13.0. The third-order valence-electron chi connectivity index (χ3n) is 5.66. The van der Waals surface area contributed by atoms with E-state index in [1.54, 1.807) is 0 Å². The monoisotopic (exact) mass is 464 g/mol. The fourth-order valence-corrected chi connectivity index (χ4v) is 4.02. The Bertz CT molecular complexity index is 1160. The summed E-state index contributed by atoms with van der Waals surface area (Å²) >= 11 is 0. The number of fused-ring (bicyclic) bond motifs is 3. The number of aliphatic carboxylic acids is 1. The number of aliphatic hydroxyl groups is 1. The first kappa shape index (κ1) is 23.1. The Kier molecular flexibility index (Phi) is 6.93. The Morgan fingerprint density at radius 2 is 1.62 bits per heavy atom. The highest BCUT2D eigenvalue weighted by molar-refractivity contribution is 5.94. The Labute approximate surface area is 195 Å². The van der Waals surface area contributed by atoms with Crippen molar-refractivity contribution in [1.29, 1.82) is 0 Å². The number of carboxylic acid groups (broad SMARTS) is 1. The van der Waals surface area contributed by atoms with E-state index in [2.05, 4.69) is 22.8 Å². The van der Waals surface area contributed by atoms with Gasteiger partial charge in [0.25, 0.3) is 5.91 Å².